The summed E-state index contributed by atoms with van der Waals surface area (Å²) in [6, 6.07) is 7.83. The smallest absolute Gasteiger partial charge is 0.254 e. The molecule has 4 rings (SSSR count). The lowest BCUT2D eigenvalue weighted by molar-refractivity contribution is -0.126. The molecule has 0 bridgehead atoms. The summed E-state index contributed by atoms with van der Waals surface area (Å²) in [5.41, 5.74) is 2.06. The molecule has 134 valence electrons. The van der Waals surface area contributed by atoms with E-state index in [9.17, 15) is 9.59 Å². The van der Waals surface area contributed by atoms with Crippen LogP contribution in [0.15, 0.2) is 30.3 Å². The summed E-state index contributed by atoms with van der Waals surface area (Å²) in [5.74, 6) is 0.629. The summed E-state index contributed by atoms with van der Waals surface area (Å²) >= 11 is 12.4. The van der Waals surface area contributed by atoms with Gasteiger partial charge in [-0.3, -0.25) is 9.59 Å². The first-order valence-electron chi connectivity index (χ1n) is 7.90. The third-order valence-electron chi connectivity index (χ3n) is 4.32. The van der Waals surface area contributed by atoms with Crippen molar-refractivity contribution in [1.82, 2.24) is 5.32 Å². The van der Waals surface area contributed by atoms with Gasteiger partial charge < -0.3 is 19.7 Å². The van der Waals surface area contributed by atoms with Gasteiger partial charge in [-0.15, -0.1) is 0 Å². The molecule has 2 amide bonds. The van der Waals surface area contributed by atoms with E-state index in [1.165, 1.54) is 6.92 Å². The molecule has 8 heteroatoms. The van der Waals surface area contributed by atoms with Crippen molar-refractivity contribution in [2.75, 3.05) is 11.7 Å². The van der Waals surface area contributed by atoms with Crippen molar-refractivity contribution in [3.05, 3.63) is 51.5 Å². The molecular weight excluding hydrogens is 379 g/mol. The van der Waals surface area contributed by atoms with Crippen LogP contribution in [-0.2, 0) is 16.1 Å². The summed E-state index contributed by atoms with van der Waals surface area (Å²) < 4.78 is 10.7. The molecule has 2 aliphatic rings. The van der Waals surface area contributed by atoms with Crippen molar-refractivity contribution in [1.29, 1.82) is 0 Å². The van der Waals surface area contributed by atoms with Gasteiger partial charge in [0.05, 0.1) is 6.54 Å². The Kier molecular flexibility index (Phi) is 4.17. The maximum atomic E-state index is 12.9. The number of nitrogens with zero attached hydrogens (tertiary/aromatic N) is 1. The van der Waals surface area contributed by atoms with Crippen molar-refractivity contribution in [3.8, 4) is 11.5 Å². The van der Waals surface area contributed by atoms with Gasteiger partial charge in [-0.25, -0.2) is 0 Å². The first-order chi connectivity index (χ1) is 12.4. The van der Waals surface area contributed by atoms with Crippen molar-refractivity contribution >= 4 is 40.7 Å². The Morgan fingerprint density at radius 1 is 1.23 bits per heavy atom. The van der Waals surface area contributed by atoms with Gasteiger partial charge in [0.2, 0.25) is 12.7 Å². The predicted octanol–water partition coefficient (Wildman–Crippen LogP) is 3.45. The zero-order valence-corrected chi connectivity index (χ0v) is 15.2. The van der Waals surface area contributed by atoms with Gasteiger partial charge in [0, 0.05) is 34.3 Å². The van der Waals surface area contributed by atoms with Gasteiger partial charge in [-0.1, -0.05) is 23.2 Å². The molecule has 0 aliphatic carbocycles. The average molecular weight is 393 g/mol. The quantitative estimate of drug-likeness (QED) is 0.868. The fourth-order valence-electron chi connectivity index (χ4n) is 3.17. The molecule has 1 N–H and O–H groups in total. The lowest BCUT2D eigenvalue weighted by atomic mass is 10.1. The summed E-state index contributed by atoms with van der Waals surface area (Å²) in [6.07, 6.45) is 0. The SMILES string of the molecule is CC(=O)N[C@@H]1C(=O)N(Cc2cc3c(cc2Cl)OCO3)c2ccc(Cl)cc21. The maximum Gasteiger partial charge on any atom is 0.254 e. The predicted molar refractivity (Wildman–Crippen MR) is 96.8 cm³/mol. The van der Waals surface area contributed by atoms with E-state index in [1.807, 2.05) is 0 Å². The summed E-state index contributed by atoms with van der Waals surface area (Å²) in [5, 5.41) is 3.65. The number of hydrogen-bond acceptors (Lipinski definition) is 4. The second-order valence-electron chi connectivity index (χ2n) is 6.06. The van der Waals surface area contributed by atoms with E-state index >= 15 is 0 Å². The number of carbonyl (C=O) groups is 2. The van der Waals surface area contributed by atoms with E-state index in [0.29, 0.717) is 38.4 Å². The number of carbonyl (C=O) groups excluding carboxylic acids is 2. The Labute approximate surface area is 159 Å². The average Bonchev–Trinajstić information content (AvgIpc) is 3.12. The second-order valence-corrected chi connectivity index (χ2v) is 6.90. The van der Waals surface area contributed by atoms with Crippen LogP contribution >= 0.6 is 23.2 Å². The lowest BCUT2D eigenvalue weighted by Crippen LogP contribution is -2.36. The summed E-state index contributed by atoms with van der Waals surface area (Å²) in [6.45, 7) is 1.75. The number of amides is 2. The van der Waals surface area contributed by atoms with E-state index < -0.39 is 6.04 Å². The molecule has 0 saturated heterocycles. The Morgan fingerprint density at radius 2 is 1.96 bits per heavy atom. The Bertz CT molecular complexity index is 932. The van der Waals surface area contributed by atoms with Crippen molar-refractivity contribution in [2.45, 2.75) is 19.5 Å². The molecular formula is C18H14Cl2N2O4. The molecule has 2 heterocycles. The van der Waals surface area contributed by atoms with Gasteiger partial charge in [0.25, 0.3) is 5.91 Å². The van der Waals surface area contributed by atoms with E-state index in [1.54, 1.807) is 35.2 Å². The van der Waals surface area contributed by atoms with Gasteiger partial charge in [0.15, 0.2) is 11.5 Å². The van der Waals surface area contributed by atoms with Gasteiger partial charge >= 0.3 is 0 Å². The number of ether oxygens (including phenoxy) is 2. The second kappa shape index (κ2) is 6.37. The number of anilines is 1. The molecule has 2 aliphatic heterocycles. The molecule has 0 spiro atoms. The number of nitrogens with one attached hydrogen (secondary N) is 1. The summed E-state index contributed by atoms with van der Waals surface area (Å²) in [4.78, 5) is 26.0. The van der Waals surface area contributed by atoms with Crippen molar-refractivity contribution < 1.29 is 19.1 Å². The number of rotatable bonds is 3. The van der Waals surface area contributed by atoms with Crippen LogP contribution in [0.2, 0.25) is 10.0 Å². The van der Waals surface area contributed by atoms with Gasteiger partial charge in [-0.2, -0.15) is 0 Å². The fraction of sp³-hybridized carbons (Fsp3) is 0.222. The third-order valence-corrected chi connectivity index (χ3v) is 4.91. The Morgan fingerprint density at radius 3 is 2.69 bits per heavy atom. The highest BCUT2D eigenvalue weighted by Crippen LogP contribution is 2.41. The molecule has 0 aromatic heterocycles. The minimum atomic E-state index is -0.769. The van der Waals surface area contributed by atoms with Crippen LogP contribution in [0.5, 0.6) is 11.5 Å². The monoisotopic (exact) mass is 392 g/mol. The van der Waals surface area contributed by atoms with Crippen LogP contribution in [0, 0.1) is 0 Å². The highest BCUT2D eigenvalue weighted by molar-refractivity contribution is 6.32. The largest absolute Gasteiger partial charge is 0.454 e. The first-order valence-corrected chi connectivity index (χ1v) is 8.65. The molecule has 0 saturated carbocycles. The fourth-order valence-corrected chi connectivity index (χ4v) is 3.56. The molecule has 2 aromatic carbocycles. The van der Waals surface area contributed by atoms with Crippen LogP contribution in [0.4, 0.5) is 5.69 Å². The van der Waals surface area contributed by atoms with Crippen LogP contribution in [-0.4, -0.2) is 18.6 Å². The van der Waals surface area contributed by atoms with Crippen molar-refractivity contribution in [3.63, 3.8) is 0 Å². The number of benzene rings is 2. The summed E-state index contributed by atoms with van der Waals surface area (Å²) in [7, 11) is 0. The topological polar surface area (TPSA) is 67.9 Å². The van der Waals surface area contributed by atoms with E-state index in [2.05, 4.69) is 5.32 Å². The maximum absolute atomic E-state index is 12.9. The Balaban J connectivity index is 1.71. The minimum absolute atomic E-state index is 0.143. The van der Waals surface area contributed by atoms with E-state index in [4.69, 9.17) is 32.7 Å². The number of fused-ring (bicyclic) bond motifs is 2. The first kappa shape index (κ1) is 17.0. The number of hydrogen-bond donors (Lipinski definition) is 1. The van der Waals surface area contributed by atoms with Crippen molar-refractivity contribution in [2.24, 2.45) is 0 Å². The van der Waals surface area contributed by atoms with Crippen LogP contribution in [0.25, 0.3) is 0 Å². The molecule has 0 fully saturated rings. The van der Waals surface area contributed by atoms with Gasteiger partial charge in [0.1, 0.15) is 6.04 Å². The standard InChI is InChI=1S/C18H14Cl2N2O4/c1-9(23)21-17-12-5-11(19)2-3-14(12)22(18(17)24)7-10-4-15-16(6-13(10)20)26-8-25-15/h2-6,17H,7-8H2,1H3,(H,21,23)/t17-/m0/s1. The van der Waals surface area contributed by atoms with Gasteiger partial charge in [-0.05, 0) is 29.8 Å². The minimum Gasteiger partial charge on any atom is -0.454 e. The van der Waals surface area contributed by atoms with E-state index in [-0.39, 0.29) is 25.2 Å². The third kappa shape index (κ3) is 2.85. The van der Waals surface area contributed by atoms with Crippen LogP contribution in [0.1, 0.15) is 24.1 Å². The molecule has 1 atom stereocenters. The molecule has 0 radical (unpaired) electrons. The zero-order valence-electron chi connectivity index (χ0n) is 13.7. The Hall–Kier alpha value is -2.44. The number of halogens is 2. The van der Waals surface area contributed by atoms with Crippen LogP contribution < -0.4 is 19.7 Å². The van der Waals surface area contributed by atoms with Crippen LogP contribution in [0.3, 0.4) is 0 Å². The highest BCUT2D eigenvalue weighted by atomic mass is 35.5. The zero-order chi connectivity index (χ0) is 18.4. The molecule has 6 nitrogen and oxygen atoms in total. The van der Waals surface area contributed by atoms with E-state index in [0.717, 1.165) is 0 Å². The molecule has 2 aromatic rings. The normalized spacial score (nSPS) is 17.4. The molecule has 0 unspecified atom stereocenters. The highest BCUT2D eigenvalue weighted by Gasteiger charge is 2.38. The lowest BCUT2D eigenvalue weighted by Gasteiger charge is -2.19. The molecule has 26 heavy (non-hydrogen) atoms.